The second kappa shape index (κ2) is 8.44. The Labute approximate surface area is 157 Å². The van der Waals surface area contributed by atoms with Gasteiger partial charge in [0.05, 0.1) is 20.3 Å². The number of anilines is 1. The largest absolute Gasteiger partial charge is 0.493 e. The van der Waals surface area contributed by atoms with E-state index in [2.05, 4.69) is 5.32 Å². The molecule has 7 heteroatoms. The molecule has 1 heterocycles. The summed E-state index contributed by atoms with van der Waals surface area (Å²) in [5.74, 6) is 1.45. The first kappa shape index (κ1) is 18.6. The van der Waals surface area contributed by atoms with Gasteiger partial charge in [0.15, 0.2) is 18.1 Å². The van der Waals surface area contributed by atoms with E-state index < -0.39 is 0 Å². The Balaban J connectivity index is 1.58. The molecular weight excluding hydrogens is 348 g/mol. The molecule has 3 rings (SSSR count). The number of amides is 2. The topological polar surface area (TPSA) is 77.1 Å². The summed E-state index contributed by atoms with van der Waals surface area (Å²) in [5.41, 5.74) is 0.704. The highest BCUT2D eigenvalue weighted by Crippen LogP contribution is 2.33. The monoisotopic (exact) mass is 370 g/mol. The van der Waals surface area contributed by atoms with Gasteiger partial charge in [-0.3, -0.25) is 9.59 Å². The molecule has 142 valence electrons. The Bertz CT molecular complexity index is 809. The molecule has 1 aliphatic heterocycles. The zero-order valence-electron chi connectivity index (χ0n) is 15.3. The van der Waals surface area contributed by atoms with Crippen LogP contribution in [0.25, 0.3) is 0 Å². The Kier molecular flexibility index (Phi) is 5.80. The number of methoxy groups -OCH3 is 2. The zero-order valence-corrected chi connectivity index (χ0v) is 15.3. The van der Waals surface area contributed by atoms with Crippen molar-refractivity contribution in [3.8, 4) is 17.2 Å². The fraction of sp³-hybridized carbons (Fsp3) is 0.300. The van der Waals surface area contributed by atoms with E-state index in [1.807, 2.05) is 18.2 Å². The van der Waals surface area contributed by atoms with Gasteiger partial charge in [-0.15, -0.1) is 0 Å². The fourth-order valence-corrected chi connectivity index (χ4v) is 2.98. The van der Waals surface area contributed by atoms with Crippen molar-refractivity contribution in [2.45, 2.75) is 12.5 Å². The van der Waals surface area contributed by atoms with E-state index in [1.165, 1.54) is 0 Å². The van der Waals surface area contributed by atoms with Crippen LogP contribution in [0.1, 0.15) is 6.42 Å². The van der Waals surface area contributed by atoms with Crippen LogP contribution in [-0.2, 0) is 9.59 Å². The van der Waals surface area contributed by atoms with Gasteiger partial charge in [-0.1, -0.05) is 18.2 Å². The zero-order chi connectivity index (χ0) is 19.2. The molecule has 27 heavy (non-hydrogen) atoms. The molecule has 1 N–H and O–H groups in total. The van der Waals surface area contributed by atoms with Gasteiger partial charge in [0.1, 0.15) is 5.75 Å². The van der Waals surface area contributed by atoms with Crippen molar-refractivity contribution < 1.29 is 23.8 Å². The first-order valence-corrected chi connectivity index (χ1v) is 8.60. The minimum Gasteiger partial charge on any atom is -0.493 e. The third-order valence-electron chi connectivity index (χ3n) is 4.28. The van der Waals surface area contributed by atoms with Crippen LogP contribution in [0.15, 0.2) is 48.5 Å². The summed E-state index contributed by atoms with van der Waals surface area (Å²) in [4.78, 5) is 26.1. The number of benzene rings is 2. The van der Waals surface area contributed by atoms with Crippen LogP contribution < -0.4 is 24.4 Å². The molecule has 0 radical (unpaired) electrons. The number of para-hydroxylation sites is 1. The number of carbonyl (C=O) groups is 2. The van der Waals surface area contributed by atoms with E-state index >= 15 is 0 Å². The molecule has 2 amide bonds. The van der Waals surface area contributed by atoms with Crippen molar-refractivity contribution in [1.29, 1.82) is 0 Å². The van der Waals surface area contributed by atoms with Crippen molar-refractivity contribution in [2.24, 2.45) is 0 Å². The van der Waals surface area contributed by atoms with Gasteiger partial charge in [0.2, 0.25) is 5.91 Å². The number of rotatable bonds is 7. The SMILES string of the molecule is COc1ccc(N2C[C@@H](NC(=O)COc3ccccc3)CC2=O)cc1OC. The number of hydrogen-bond donors (Lipinski definition) is 1. The summed E-state index contributed by atoms with van der Waals surface area (Å²) < 4.78 is 15.9. The normalized spacial score (nSPS) is 16.1. The summed E-state index contributed by atoms with van der Waals surface area (Å²) in [6.07, 6.45) is 0.241. The number of carbonyl (C=O) groups excluding carboxylic acids is 2. The molecule has 0 aliphatic carbocycles. The first-order chi connectivity index (χ1) is 13.1. The van der Waals surface area contributed by atoms with E-state index in [0.717, 1.165) is 0 Å². The molecule has 0 spiro atoms. The van der Waals surface area contributed by atoms with Gasteiger partial charge in [0.25, 0.3) is 5.91 Å². The summed E-state index contributed by atoms with van der Waals surface area (Å²) in [7, 11) is 3.10. The van der Waals surface area contributed by atoms with E-state index in [9.17, 15) is 9.59 Å². The number of ether oxygens (including phenoxy) is 3. The highest BCUT2D eigenvalue weighted by molar-refractivity contribution is 5.97. The smallest absolute Gasteiger partial charge is 0.258 e. The molecule has 7 nitrogen and oxygen atoms in total. The molecule has 1 atom stereocenters. The molecule has 1 saturated heterocycles. The minimum absolute atomic E-state index is 0.0588. The standard InChI is InChI=1S/C20H22N2O5/c1-25-17-9-8-15(11-18(17)26-2)22-12-14(10-20(22)24)21-19(23)13-27-16-6-4-3-5-7-16/h3-9,11,14H,10,12-13H2,1-2H3,(H,21,23)/t14-/m0/s1. The van der Waals surface area contributed by atoms with Crippen LogP contribution in [0, 0.1) is 0 Å². The highest BCUT2D eigenvalue weighted by atomic mass is 16.5. The molecule has 0 aromatic heterocycles. The van der Waals surface area contributed by atoms with Crippen LogP contribution >= 0.6 is 0 Å². The maximum atomic E-state index is 12.4. The summed E-state index contributed by atoms with van der Waals surface area (Å²) >= 11 is 0. The van der Waals surface area contributed by atoms with Crippen LogP contribution in [-0.4, -0.2) is 45.2 Å². The van der Waals surface area contributed by atoms with Gasteiger partial charge in [-0.25, -0.2) is 0 Å². The van der Waals surface area contributed by atoms with Crippen LogP contribution in [0.2, 0.25) is 0 Å². The van der Waals surface area contributed by atoms with Gasteiger partial charge < -0.3 is 24.4 Å². The molecular formula is C20H22N2O5. The Morgan fingerprint density at radius 3 is 2.56 bits per heavy atom. The molecule has 0 unspecified atom stereocenters. The Morgan fingerprint density at radius 1 is 1.11 bits per heavy atom. The maximum Gasteiger partial charge on any atom is 0.258 e. The van der Waals surface area contributed by atoms with Crippen molar-refractivity contribution >= 4 is 17.5 Å². The van der Waals surface area contributed by atoms with E-state index in [-0.39, 0.29) is 30.9 Å². The lowest BCUT2D eigenvalue weighted by atomic mass is 10.2. The molecule has 0 saturated carbocycles. The molecule has 1 aliphatic rings. The molecule has 2 aromatic rings. The van der Waals surface area contributed by atoms with Crippen molar-refractivity contribution in [1.82, 2.24) is 5.32 Å². The second-order valence-electron chi connectivity index (χ2n) is 6.11. The van der Waals surface area contributed by atoms with Crippen molar-refractivity contribution in [3.05, 3.63) is 48.5 Å². The highest BCUT2D eigenvalue weighted by Gasteiger charge is 2.32. The maximum absolute atomic E-state index is 12.4. The third-order valence-corrected chi connectivity index (χ3v) is 4.28. The van der Waals surface area contributed by atoms with Crippen LogP contribution in [0.3, 0.4) is 0 Å². The van der Waals surface area contributed by atoms with Crippen molar-refractivity contribution in [2.75, 3.05) is 32.3 Å². The van der Waals surface area contributed by atoms with E-state index in [4.69, 9.17) is 14.2 Å². The minimum atomic E-state index is -0.266. The number of nitrogens with one attached hydrogen (secondary N) is 1. The van der Waals surface area contributed by atoms with Crippen LogP contribution in [0.4, 0.5) is 5.69 Å². The summed E-state index contributed by atoms with van der Waals surface area (Å²) in [5, 5.41) is 2.85. The number of nitrogens with zero attached hydrogens (tertiary/aromatic N) is 1. The fourth-order valence-electron chi connectivity index (χ4n) is 2.98. The van der Waals surface area contributed by atoms with Gasteiger partial charge in [0, 0.05) is 24.7 Å². The van der Waals surface area contributed by atoms with E-state index in [1.54, 1.807) is 49.5 Å². The lowest BCUT2D eigenvalue weighted by molar-refractivity contribution is -0.123. The lowest BCUT2D eigenvalue weighted by Crippen LogP contribution is -2.39. The average Bonchev–Trinajstić information content (AvgIpc) is 3.06. The molecule has 2 aromatic carbocycles. The Morgan fingerprint density at radius 2 is 1.85 bits per heavy atom. The quantitative estimate of drug-likeness (QED) is 0.807. The van der Waals surface area contributed by atoms with E-state index in [0.29, 0.717) is 29.5 Å². The van der Waals surface area contributed by atoms with Crippen LogP contribution in [0.5, 0.6) is 17.2 Å². The molecule has 0 bridgehead atoms. The Hall–Kier alpha value is -3.22. The predicted molar refractivity (Wildman–Crippen MR) is 100 cm³/mol. The van der Waals surface area contributed by atoms with Gasteiger partial charge >= 0.3 is 0 Å². The van der Waals surface area contributed by atoms with Gasteiger partial charge in [-0.05, 0) is 24.3 Å². The average molecular weight is 370 g/mol. The lowest BCUT2D eigenvalue weighted by Gasteiger charge is -2.19. The summed E-state index contributed by atoms with van der Waals surface area (Å²) in [6, 6.07) is 14.1. The third kappa shape index (κ3) is 4.49. The van der Waals surface area contributed by atoms with Crippen molar-refractivity contribution in [3.63, 3.8) is 0 Å². The van der Waals surface area contributed by atoms with Gasteiger partial charge in [-0.2, -0.15) is 0 Å². The molecule has 1 fully saturated rings. The second-order valence-corrected chi connectivity index (χ2v) is 6.11. The number of hydrogen-bond acceptors (Lipinski definition) is 5. The summed E-state index contributed by atoms with van der Waals surface area (Å²) in [6.45, 7) is 0.302. The first-order valence-electron chi connectivity index (χ1n) is 8.60. The predicted octanol–water partition coefficient (Wildman–Crippen LogP) is 2.00.